The van der Waals surface area contributed by atoms with Crippen LogP contribution in [0.2, 0.25) is 0 Å². The lowest BCUT2D eigenvalue weighted by atomic mass is 9.98. The Bertz CT molecular complexity index is 368. The Kier molecular flexibility index (Phi) is 3.07. The Balaban J connectivity index is 3.18. The van der Waals surface area contributed by atoms with Gasteiger partial charge in [0.2, 0.25) is 0 Å². The number of rotatable bonds is 2. The quantitative estimate of drug-likeness (QED) is 0.594. The van der Waals surface area contributed by atoms with Gasteiger partial charge in [-0.05, 0) is 30.7 Å². The highest BCUT2D eigenvalue weighted by atomic mass is 16.3. The van der Waals surface area contributed by atoms with Gasteiger partial charge in [-0.3, -0.25) is 0 Å². The van der Waals surface area contributed by atoms with Gasteiger partial charge in [0.05, 0.1) is 23.8 Å². The first kappa shape index (κ1) is 10.5. The van der Waals surface area contributed by atoms with Crippen LogP contribution < -0.4 is 11.5 Å². The normalized spacial score (nSPS) is 14.4. The van der Waals surface area contributed by atoms with Crippen LogP contribution in [0, 0.1) is 11.3 Å². The van der Waals surface area contributed by atoms with Gasteiger partial charge in [0.25, 0.3) is 0 Å². The average Bonchev–Trinajstić information content (AvgIpc) is 2.16. The molecule has 0 bridgehead atoms. The van der Waals surface area contributed by atoms with Gasteiger partial charge in [0, 0.05) is 5.69 Å². The van der Waals surface area contributed by atoms with E-state index in [1.807, 2.05) is 6.07 Å². The fourth-order valence-corrected chi connectivity index (χ4v) is 1.22. The highest BCUT2D eigenvalue weighted by molar-refractivity contribution is 5.50. The number of anilines is 1. The molecule has 0 saturated carbocycles. The summed E-state index contributed by atoms with van der Waals surface area (Å²) in [5, 5.41) is 18.1. The second-order valence-corrected chi connectivity index (χ2v) is 3.22. The maximum Gasteiger partial charge on any atom is 0.0995 e. The summed E-state index contributed by atoms with van der Waals surface area (Å²) in [6.45, 7) is 1.58. The predicted octanol–water partition coefficient (Wildman–Crippen LogP) is 0.521. The van der Waals surface area contributed by atoms with Crippen molar-refractivity contribution < 1.29 is 5.11 Å². The van der Waals surface area contributed by atoms with Crippen molar-refractivity contribution in [1.29, 1.82) is 5.26 Å². The summed E-state index contributed by atoms with van der Waals surface area (Å²) in [7, 11) is 0. The molecule has 4 heteroatoms. The van der Waals surface area contributed by atoms with E-state index in [0.717, 1.165) is 0 Å². The molecule has 0 saturated heterocycles. The van der Waals surface area contributed by atoms with Crippen LogP contribution in [0.25, 0.3) is 0 Å². The van der Waals surface area contributed by atoms with Crippen LogP contribution in [0.4, 0.5) is 5.69 Å². The highest BCUT2D eigenvalue weighted by Crippen LogP contribution is 2.21. The molecule has 0 radical (unpaired) electrons. The molecule has 1 rings (SSSR count). The van der Waals surface area contributed by atoms with Crippen LogP contribution >= 0.6 is 0 Å². The lowest BCUT2D eigenvalue weighted by molar-refractivity contribution is 0.164. The van der Waals surface area contributed by atoms with Gasteiger partial charge in [0.1, 0.15) is 0 Å². The Hall–Kier alpha value is -1.57. The highest BCUT2D eigenvalue weighted by Gasteiger charge is 2.15. The first-order valence-electron chi connectivity index (χ1n) is 4.29. The van der Waals surface area contributed by atoms with Crippen molar-refractivity contribution in [3.63, 3.8) is 0 Å². The van der Waals surface area contributed by atoms with Crippen molar-refractivity contribution in [2.75, 3.05) is 5.73 Å². The molecule has 0 fully saturated rings. The molecule has 0 aromatic heterocycles. The SMILES string of the molecule is C[C@@H](O)[C@H](N)c1cc(N)ccc1C#N. The van der Waals surface area contributed by atoms with Crippen molar-refractivity contribution in [2.45, 2.75) is 19.1 Å². The van der Waals surface area contributed by atoms with Gasteiger partial charge >= 0.3 is 0 Å². The number of aliphatic hydroxyl groups is 1. The van der Waals surface area contributed by atoms with Crippen LogP contribution in [0.15, 0.2) is 18.2 Å². The number of hydrogen-bond acceptors (Lipinski definition) is 4. The second kappa shape index (κ2) is 4.09. The summed E-state index contributed by atoms with van der Waals surface area (Å²) >= 11 is 0. The fraction of sp³-hybridized carbons (Fsp3) is 0.300. The summed E-state index contributed by atoms with van der Waals surface area (Å²) in [4.78, 5) is 0. The Labute approximate surface area is 82.8 Å². The molecular formula is C10H13N3O. The van der Waals surface area contributed by atoms with E-state index in [1.165, 1.54) is 0 Å². The van der Waals surface area contributed by atoms with E-state index >= 15 is 0 Å². The van der Waals surface area contributed by atoms with Gasteiger partial charge < -0.3 is 16.6 Å². The van der Waals surface area contributed by atoms with E-state index in [2.05, 4.69) is 0 Å². The molecule has 4 nitrogen and oxygen atoms in total. The zero-order valence-electron chi connectivity index (χ0n) is 7.94. The summed E-state index contributed by atoms with van der Waals surface area (Å²) < 4.78 is 0. The van der Waals surface area contributed by atoms with Crippen molar-refractivity contribution in [1.82, 2.24) is 0 Å². The molecule has 0 aliphatic rings. The number of nitriles is 1. The molecule has 0 spiro atoms. The average molecular weight is 191 g/mol. The summed E-state index contributed by atoms with van der Waals surface area (Å²) in [5.74, 6) is 0. The molecule has 1 aromatic carbocycles. The number of benzene rings is 1. The maximum absolute atomic E-state index is 9.31. The first-order chi connectivity index (χ1) is 6.56. The minimum atomic E-state index is -0.705. The largest absolute Gasteiger partial charge is 0.399 e. The van der Waals surface area contributed by atoms with Crippen LogP contribution in [-0.2, 0) is 0 Å². The van der Waals surface area contributed by atoms with Crippen LogP contribution in [0.1, 0.15) is 24.1 Å². The van der Waals surface area contributed by atoms with E-state index < -0.39 is 12.1 Å². The predicted molar refractivity (Wildman–Crippen MR) is 54.2 cm³/mol. The van der Waals surface area contributed by atoms with Crippen LogP contribution in [0.3, 0.4) is 0 Å². The topological polar surface area (TPSA) is 96.1 Å². The van der Waals surface area contributed by atoms with Crippen molar-refractivity contribution >= 4 is 5.69 Å². The molecule has 0 aliphatic heterocycles. The van der Waals surface area contributed by atoms with E-state index in [-0.39, 0.29) is 0 Å². The number of aliphatic hydroxyl groups excluding tert-OH is 1. The molecular weight excluding hydrogens is 178 g/mol. The van der Waals surface area contributed by atoms with E-state index in [0.29, 0.717) is 16.8 Å². The minimum absolute atomic E-state index is 0.451. The number of nitrogens with zero attached hydrogens (tertiary/aromatic N) is 1. The smallest absolute Gasteiger partial charge is 0.0995 e. The zero-order chi connectivity index (χ0) is 10.7. The van der Waals surface area contributed by atoms with Crippen molar-refractivity contribution in [3.8, 4) is 6.07 Å². The lowest BCUT2D eigenvalue weighted by Gasteiger charge is -2.16. The molecule has 5 N–H and O–H groups in total. The first-order valence-corrected chi connectivity index (χ1v) is 4.29. The third kappa shape index (κ3) is 2.02. The number of nitrogen functional groups attached to an aromatic ring is 1. The molecule has 74 valence electrons. The van der Waals surface area contributed by atoms with E-state index in [1.54, 1.807) is 25.1 Å². The Morgan fingerprint density at radius 1 is 1.50 bits per heavy atom. The Morgan fingerprint density at radius 2 is 2.14 bits per heavy atom. The summed E-state index contributed by atoms with van der Waals surface area (Å²) in [6, 6.07) is 6.30. The second-order valence-electron chi connectivity index (χ2n) is 3.22. The lowest BCUT2D eigenvalue weighted by Crippen LogP contribution is -2.24. The van der Waals surface area contributed by atoms with Gasteiger partial charge in [0.15, 0.2) is 0 Å². The van der Waals surface area contributed by atoms with Crippen LogP contribution in [0.5, 0.6) is 0 Å². The Morgan fingerprint density at radius 3 is 2.64 bits per heavy atom. The monoisotopic (exact) mass is 191 g/mol. The number of nitrogens with two attached hydrogens (primary N) is 2. The number of hydrogen-bond donors (Lipinski definition) is 3. The standard InChI is InChI=1S/C10H13N3O/c1-6(14)10(13)9-4-8(12)3-2-7(9)5-11/h2-4,6,10,14H,12-13H2,1H3/t6-,10+/m1/s1. The van der Waals surface area contributed by atoms with E-state index in [9.17, 15) is 5.11 Å². The van der Waals surface area contributed by atoms with Gasteiger partial charge in [-0.15, -0.1) is 0 Å². The maximum atomic E-state index is 9.31. The summed E-state index contributed by atoms with van der Waals surface area (Å²) in [6.07, 6.45) is -0.705. The van der Waals surface area contributed by atoms with Gasteiger partial charge in [-0.2, -0.15) is 5.26 Å². The molecule has 2 atom stereocenters. The summed E-state index contributed by atoms with van der Waals surface area (Å²) in [5.41, 5.74) is 12.9. The molecule has 0 amide bonds. The zero-order valence-corrected chi connectivity index (χ0v) is 7.94. The van der Waals surface area contributed by atoms with Crippen molar-refractivity contribution in [3.05, 3.63) is 29.3 Å². The third-order valence-electron chi connectivity index (χ3n) is 2.07. The molecule has 0 aliphatic carbocycles. The van der Waals surface area contributed by atoms with E-state index in [4.69, 9.17) is 16.7 Å². The molecule has 0 unspecified atom stereocenters. The third-order valence-corrected chi connectivity index (χ3v) is 2.07. The van der Waals surface area contributed by atoms with Gasteiger partial charge in [-0.1, -0.05) is 0 Å². The van der Waals surface area contributed by atoms with Gasteiger partial charge in [-0.25, -0.2) is 0 Å². The molecule has 0 heterocycles. The molecule has 14 heavy (non-hydrogen) atoms. The van der Waals surface area contributed by atoms with Crippen LogP contribution in [-0.4, -0.2) is 11.2 Å². The molecule has 1 aromatic rings. The fourth-order valence-electron chi connectivity index (χ4n) is 1.22. The minimum Gasteiger partial charge on any atom is -0.399 e. The van der Waals surface area contributed by atoms with Crippen molar-refractivity contribution in [2.24, 2.45) is 5.73 Å².